The maximum atomic E-state index is 6.71. The first-order valence-corrected chi connectivity index (χ1v) is 13.1. The van der Waals surface area contributed by atoms with Crippen molar-refractivity contribution in [3.05, 3.63) is 77.3 Å². The molecule has 4 aromatic heterocycles. The van der Waals surface area contributed by atoms with E-state index in [0.717, 1.165) is 60.0 Å². The quantitative estimate of drug-likeness (QED) is 0.232. The predicted octanol–water partition coefficient (Wildman–Crippen LogP) is 5.93. The third kappa shape index (κ3) is 5.37. The summed E-state index contributed by atoms with van der Waals surface area (Å²) in [4.78, 5) is 21.5. The molecule has 0 radical (unpaired) electrons. The van der Waals surface area contributed by atoms with E-state index >= 15 is 0 Å². The Morgan fingerprint density at radius 2 is 1.87 bits per heavy atom. The van der Waals surface area contributed by atoms with Crippen molar-refractivity contribution in [1.29, 1.82) is 0 Å². The van der Waals surface area contributed by atoms with Crippen LogP contribution in [0.4, 0.5) is 23.1 Å². The summed E-state index contributed by atoms with van der Waals surface area (Å²) in [7, 11) is 0. The molecule has 198 valence electrons. The number of aryl methyl sites for hydroxylation is 1. The number of hydrogen-bond acceptors (Lipinski definition) is 8. The van der Waals surface area contributed by atoms with Crippen LogP contribution >= 0.6 is 11.6 Å². The Morgan fingerprint density at radius 3 is 2.67 bits per heavy atom. The van der Waals surface area contributed by atoms with E-state index in [1.165, 1.54) is 0 Å². The second-order valence-electron chi connectivity index (χ2n) is 9.31. The first-order valence-electron chi connectivity index (χ1n) is 12.8. The number of nitrogens with one attached hydrogen (secondary N) is 3. The zero-order valence-corrected chi connectivity index (χ0v) is 22.4. The fraction of sp³-hybridized carbons (Fsp3) is 0.214. The van der Waals surface area contributed by atoms with Gasteiger partial charge in [-0.3, -0.25) is 10.1 Å². The SMILES string of the molecule is C/C=C/c1cc(Nc2cc(N3CCN(c4cccnc4)CC3)nc(Oc3ccc4[nH]c(C)cc4c3Cl)n2)n[nH]1. The lowest BCUT2D eigenvalue weighted by molar-refractivity contribution is 0.443. The number of rotatable bonds is 7. The Balaban J connectivity index is 1.29. The van der Waals surface area contributed by atoms with Crippen molar-refractivity contribution in [2.75, 3.05) is 41.3 Å². The van der Waals surface area contributed by atoms with E-state index in [9.17, 15) is 0 Å². The summed E-state index contributed by atoms with van der Waals surface area (Å²) >= 11 is 6.71. The highest BCUT2D eigenvalue weighted by Crippen LogP contribution is 2.36. The molecule has 10 nitrogen and oxygen atoms in total. The fourth-order valence-electron chi connectivity index (χ4n) is 4.68. The molecule has 6 rings (SSSR count). The van der Waals surface area contributed by atoms with Gasteiger partial charge in [-0.05, 0) is 50.3 Å². The molecule has 0 amide bonds. The van der Waals surface area contributed by atoms with Crippen LogP contribution in [0.3, 0.4) is 0 Å². The molecule has 1 aliphatic heterocycles. The van der Waals surface area contributed by atoms with Gasteiger partial charge in [0, 0.05) is 61.1 Å². The molecule has 5 aromatic rings. The zero-order valence-electron chi connectivity index (χ0n) is 21.6. The molecule has 1 aliphatic rings. The summed E-state index contributed by atoms with van der Waals surface area (Å²) in [6, 6.07) is 13.8. The van der Waals surface area contributed by atoms with Crippen molar-refractivity contribution >= 4 is 51.7 Å². The molecule has 39 heavy (non-hydrogen) atoms. The van der Waals surface area contributed by atoms with Crippen molar-refractivity contribution < 1.29 is 4.74 Å². The second kappa shape index (κ2) is 10.7. The number of benzene rings is 1. The van der Waals surface area contributed by atoms with Crippen molar-refractivity contribution in [2.24, 2.45) is 0 Å². The molecule has 0 aliphatic carbocycles. The second-order valence-corrected chi connectivity index (χ2v) is 9.68. The number of fused-ring (bicyclic) bond motifs is 1. The molecule has 0 spiro atoms. The lowest BCUT2D eigenvalue weighted by atomic mass is 10.2. The average Bonchev–Trinajstić information content (AvgIpc) is 3.57. The highest BCUT2D eigenvalue weighted by molar-refractivity contribution is 6.37. The molecule has 1 aromatic carbocycles. The van der Waals surface area contributed by atoms with Crippen LogP contribution in [-0.4, -0.2) is 56.3 Å². The number of piperazine rings is 1. The highest BCUT2D eigenvalue weighted by Gasteiger charge is 2.21. The Hall–Kier alpha value is -4.57. The first-order chi connectivity index (χ1) is 19.1. The van der Waals surface area contributed by atoms with Gasteiger partial charge in [0.25, 0.3) is 0 Å². The Morgan fingerprint density at radius 1 is 1.03 bits per heavy atom. The van der Waals surface area contributed by atoms with Crippen LogP contribution in [0.15, 0.2) is 60.9 Å². The zero-order chi connectivity index (χ0) is 26.8. The smallest absolute Gasteiger partial charge is 0.325 e. The molecule has 0 unspecified atom stereocenters. The van der Waals surface area contributed by atoms with Crippen LogP contribution in [0.25, 0.3) is 17.0 Å². The van der Waals surface area contributed by atoms with Crippen LogP contribution in [0.1, 0.15) is 18.3 Å². The van der Waals surface area contributed by atoms with E-state index in [4.69, 9.17) is 21.3 Å². The topological polar surface area (TPSA) is 111 Å². The van der Waals surface area contributed by atoms with E-state index in [0.29, 0.717) is 22.4 Å². The minimum atomic E-state index is 0.197. The third-order valence-electron chi connectivity index (χ3n) is 6.55. The number of halogens is 1. The van der Waals surface area contributed by atoms with E-state index < -0.39 is 0 Å². The summed E-state index contributed by atoms with van der Waals surface area (Å²) < 4.78 is 6.18. The van der Waals surface area contributed by atoms with Gasteiger partial charge in [-0.25, -0.2) is 0 Å². The number of aromatic nitrogens is 6. The molecular weight excluding hydrogens is 514 g/mol. The molecule has 0 saturated carbocycles. The van der Waals surface area contributed by atoms with Crippen molar-refractivity contribution in [1.82, 2.24) is 30.1 Å². The summed E-state index contributed by atoms with van der Waals surface area (Å²) in [5.74, 6) is 2.45. The van der Waals surface area contributed by atoms with Gasteiger partial charge in [-0.2, -0.15) is 15.1 Å². The number of aromatic amines is 2. The number of H-pyrrole nitrogens is 2. The van der Waals surface area contributed by atoms with Crippen LogP contribution < -0.4 is 19.9 Å². The van der Waals surface area contributed by atoms with Gasteiger partial charge in [0.05, 0.1) is 22.6 Å². The largest absolute Gasteiger partial charge is 0.423 e. The first kappa shape index (κ1) is 24.7. The lowest BCUT2D eigenvalue weighted by Crippen LogP contribution is -2.46. The van der Waals surface area contributed by atoms with Gasteiger partial charge in [-0.15, -0.1) is 0 Å². The average molecular weight is 542 g/mol. The lowest BCUT2D eigenvalue weighted by Gasteiger charge is -2.36. The van der Waals surface area contributed by atoms with E-state index in [2.05, 4.69) is 46.3 Å². The molecule has 5 heterocycles. The van der Waals surface area contributed by atoms with Gasteiger partial charge in [0.1, 0.15) is 17.4 Å². The Kier molecular flexibility index (Phi) is 6.76. The summed E-state index contributed by atoms with van der Waals surface area (Å²) in [5.41, 5.74) is 3.98. The summed E-state index contributed by atoms with van der Waals surface area (Å²) in [6.45, 7) is 7.21. The fourth-order valence-corrected chi connectivity index (χ4v) is 4.94. The van der Waals surface area contributed by atoms with Gasteiger partial charge in [0.2, 0.25) is 0 Å². The van der Waals surface area contributed by atoms with Crippen molar-refractivity contribution in [3.63, 3.8) is 0 Å². The maximum absolute atomic E-state index is 6.71. The highest BCUT2D eigenvalue weighted by atomic mass is 35.5. The van der Waals surface area contributed by atoms with Crippen LogP contribution in [-0.2, 0) is 0 Å². The normalized spacial score (nSPS) is 13.9. The van der Waals surface area contributed by atoms with Crippen LogP contribution in [0.2, 0.25) is 5.02 Å². The monoisotopic (exact) mass is 541 g/mol. The van der Waals surface area contributed by atoms with E-state index in [1.807, 2.05) is 68.6 Å². The van der Waals surface area contributed by atoms with Crippen LogP contribution in [0, 0.1) is 6.92 Å². The number of pyridine rings is 1. The number of anilines is 4. The Bertz CT molecular complexity index is 1620. The van der Waals surface area contributed by atoms with Gasteiger partial charge in [0.15, 0.2) is 5.82 Å². The molecule has 1 saturated heterocycles. The molecule has 1 fully saturated rings. The summed E-state index contributed by atoms with van der Waals surface area (Å²) in [6.07, 6.45) is 7.58. The molecule has 0 atom stereocenters. The van der Waals surface area contributed by atoms with E-state index in [1.54, 1.807) is 6.20 Å². The Labute approximate surface area is 230 Å². The standard InChI is InChI=1S/C28H28ClN9O/c1-3-5-19-15-25(36-35-19)32-24-16-26(38-12-10-37(11-13-38)20-6-4-9-30-17-20)34-28(33-24)39-23-8-7-22-21(27(23)29)14-18(2)31-22/h3-9,14-17,31H,10-13H2,1-2H3,(H2,32,33,34,35,36)/b5-3+. The van der Waals surface area contributed by atoms with Crippen molar-refractivity contribution in [2.45, 2.75) is 13.8 Å². The minimum absolute atomic E-state index is 0.197. The molecule has 3 N–H and O–H groups in total. The van der Waals surface area contributed by atoms with Crippen molar-refractivity contribution in [3.8, 4) is 11.8 Å². The number of nitrogens with zero attached hydrogens (tertiary/aromatic N) is 6. The van der Waals surface area contributed by atoms with Crippen LogP contribution in [0.5, 0.6) is 11.8 Å². The van der Waals surface area contributed by atoms with Gasteiger partial charge >= 0.3 is 6.01 Å². The van der Waals surface area contributed by atoms with E-state index in [-0.39, 0.29) is 6.01 Å². The maximum Gasteiger partial charge on any atom is 0.325 e. The summed E-state index contributed by atoms with van der Waals surface area (Å²) in [5, 5.41) is 12.0. The van der Waals surface area contributed by atoms with Gasteiger partial charge < -0.3 is 24.8 Å². The molecule has 11 heteroatoms. The number of hydrogen-bond donors (Lipinski definition) is 3. The minimum Gasteiger partial charge on any atom is -0.423 e. The number of allylic oxidation sites excluding steroid dienone is 1. The predicted molar refractivity (Wildman–Crippen MR) is 155 cm³/mol. The third-order valence-corrected chi connectivity index (χ3v) is 6.94. The molecule has 0 bridgehead atoms. The number of ether oxygens (including phenoxy) is 1. The van der Waals surface area contributed by atoms with Gasteiger partial charge in [-0.1, -0.05) is 17.7 Å². The molecular formula is C28H28ClN9O.